The van der Waals surface area contributed by atoms with Crippen molar-refractivity contribution in [3.63, 3.8) is 0 Å². The highest BCUT2D eigenvalue weighted by atomic mass is 35.5. The fraction of sp³-hybridized carbons (Fsp3) is 0.750. The van der Waals surface area contributed by atoms with E-state index in [2.05, 4.69) is 16.0 Å². The van der Waals surface area contributed by atoms with Crippen LogP contribution < -0.4 is 16.0 Å². The number of hydrogen-bond donors (Lipinski definition) is 3. The van der Waals surface area contributed by atoms with Gasteiger partial charge in [0.25, 0.3) is 0 Å². The minimum Gasteiger partial charge on any atom is -0.343 e. The Balaban J connectivity index is 1.43. The van der Waals surface area contributed by atoms with Crippen molar-refractivity contribution in [1.82, 2.24) is 60.0 Å². The molecule has 6 rings (SSSR count). The topological polar surface area (TPSA) is 270 Å². The Hall–Kier alpha value is -7.06. The number of likely N-dealkylation sites (N-methyl/N-ethyl adjacent to an activating group) is 7. The number of fused-ring (bicyclic) bond motifs is 1. The van der Waals surface area contributed by atoms with Gasteiger partial charge in [0.1, 0.15) is 48.3 Å². The monoisotopic (exact) mass is 1430 g/mol. The molecule has 3 N–H and O–H groups in total. The molecule has 560 valence electrons. The lowest BCUT2D eigenvalue weighted by molar-refractivity contribution is -0.156. The molecule has 3 saturated heterocycles. The number of carbonyl (C=O) groups is 12. The summed E-state index contributed by atoms with van der Waals surface area (Å²) in [5.74, 6) is -9.53. The zero-order valence-corrected chi connectivity index (χ0v) is 62.0. The molecule has 5 aliphatic rings. The van der Waals surface area contributed by atoms with Gasteiger partial charge < -0.3 is 60.0 Å². The van der Waals surface area contributed by atoms with E-state index in [1.165, 1.54) is 79.9 Å². The van der Waals surface area contributed by atoms with Crippen LogP contribution in [0, 0.1) is 29.6 Å². The molecule has 100 heavy (non-hydrogen) atoms. The molecule has 0 bridgehead atoms. The Morgan fingerprint density at radius 1 is 0.580 bits per heavy atom. The van der Waals surface area contributed by atoms with Crippen LogP contribution in [0.25, 0.3) is 0 Å². The summed E-state index contributed by atoms with van der Waals surface area (Å²) in [4.78, 5) is 190. The Morgan fingerprint density at radius 2 is 1.16 bits per heavy atom. The number of nitrogens with one attached hydrogen (secondary N) is 3. The van der Waals surface area contributed by atoms with Crippen LogP contribution in [0.15, 0.2) is 18.2 Å². The Kier molecular flexibility index (Phi) is 30.5. The fourth-order valence-electron chi connectivity index (χ4n) is 14.8. The van der Waals surface area contributed by atoms with Crippen molar-refractivity contribution in [3.05, 3.63) is 34.3 Å². The van der Waals surface area contributed by atoms with Gasteiger partial charge in [-0.1, -0.05) is 117 Å². The van der Waals surface area contributed by atoms with Gasteiger partial charge in [-0.3, -0.25) is 57.5 Å². The summed E-state index contributed by atoms with van der Waals surface area (Å²) < 4.78 is 41.6. The second kappa shape index (κ2) is 37.2. The number of halogens is 4. The molecule has 0 aromatic heterocycles. The van der Waals surface area contributed by atoms with Crippen molar-refractivity contribution in [2.45, 2.75) is 231 Å². The van der Waals surface area contributed by atoms with Crippen molar-refractivity contribution in [2.75, 3.05) is 88.6 Å². The third kappa shape index (κ3) is 21.5. The lowest BCUT2D eigenvalue weighted by Gasteiger charge is -2.42. The van der Waals surface area contributed by atoms with Gasteiger partial charge in [0.2, 0.25) is 70.9 Å². The first-order chi connectivity index (χ1) is 47.1. The van der Waals surface area contributed by atoms with E-state index in [9.17, 15) is 46.7 Å². The minimum atomic E-state index is -4.76. The number of amides is 12. The molecule has 3 aliphatic heterocycles. The molecule has 3 heterocycles. The van der Waals surface area contributed by atoms with Crippen LogP contribution in [0.2, 0.25) is 5.02 Å². The Labute approximate surface area is 594 Å². The molecule has 5 fully saturated rings. The predicted molar refractivity (Wildman–Crippen MR) is 371 cm³/mol. The first-order valence-electron chi connectivity index (χ1n) is 36.2. The number of likely N-dealkylation sites (tertiary alicyclic amines) is 1. The molecular weight excluding hydrogens is 1320 g/mol. The Bertz CT molecular complexity index is 3070. The molecule has 0 radical (unpaired) electrons. The zero-order valence-electron chi connectivity index (χ0n) is 61.3. The van der Waals surface area contributed by atoms with Crippen LogP contribution in [-0.4, -0.2) is 252 Å². The molecule has 2 aliphatic carbocycles. The average Bonchev–Trinajstić information content (AvgIpc) is 1.02. The lowest BCUT2D eigenvalue weighted by Crippen LogP contribution is -2.62. The average molecular weight is 1430 g/mol. The number of carbonyl (C=O) groups excluding carboxylic acids is 12. The first-order valence-corrected chi connectivity index (χ1v) is 36.6. The lowest BCUT2D eigenvalue weighted by atomic mass is 9.82. The van der Waals surface area contributed by atoms with Gasteiger partial charge in [0.05, 0.1) is 36.6 Å². The summed E-state index contributed by atoms with van der Waals surface area (Å²) in [6.45, 7) is 9.85. The molecule has 1 aromatic carbocycles. The molecular formula is C72H112ClF3N12O12. The van der Waals surface area contributed by atoms with E-state index in [1.807, 2.05) is 20.8 Å². The van der Waals surface area contributed by atoms with E-state index in [0.29, 0.717) is 57.2 Å². The summed E-state index contributed by atoms with van der Waals surface area (Å²) in [5, 5.41) is 7.99. The highest BCUT2D eigenvalue weighted by molar-refractivity contribution is 6.31. The van der Waals surface area contributed by atoms with Gasteiger partial charge in [-0.2, -0.15) is 13.2 Å². The van der Waals surface area contributed by atoms with Gasteiger partial charge >= 0.3 is 6.18 Å². The standard InChI is InChI=1S/C72H112ClF3N12O12/c1-14-46(6)62-69(98)82(9)42-59(91)80(7)43-60(92)84(11)55(39-47-25-18-15-19-26-47)67(96)81(8)41-57(89)77-52(33-31-48-30-32-50(51(73)38-48)72(74,75)76)66(95)88-36-24-29-53(88)64(93)78-61(45(4)5)70(99)86(13)63(49-27-20-16-21-28-49)71(100)85(12)56(68(97)87-34-22-17-23-35-87)40-58(90)83(10)54(37-44(2)3)65(94)79-62/h30,32,38,44-47,49,52-56,61-63H,14-29,31,33-37,39-43H2,1-13H3,(H,77,89)(H,78,93)(H,79,94)/t46-,52-,53-,54-,55-,56-,61-,62-,63-/m0/s1. The van der Waals surface area contributed by atoms with Crippen LogP contribution in [0.1, 0.15) is 181 Å². The van der Waals surface area contributed by atoms with E-state index in [-0.39, 0.29) is 50.5 Å². The van der Waals surface area contributed by atoms with Crippen molar-refractivity contribution in [2.24, 2.45) is 29.6 Å². The zero-order chi connectivity index (χ0) is 74.2. The fourth-order valence-corrected chi connectivity index (χ4v) is 15.1. The maximum Gasteiger partial charge on any atom is 0.417 e. The number of nitrogens with zero attached hydrogens (tertiary/aromatic N) is 9. The highest BCUT2D eigenvalue weighted by Crippen LogP contribution is 2.37. The number of aryl methyl sites for hydroxylation is 1. The summed E-state index contributed by atoms with van der Waals surface area (Å²) in [7, 11) is 9.94. The molecule has 28 heteroatoms. The van der Waals surface area contributed by atoms with Crippen LogP contribution in [0.3, 0.4) is 0 Å². The van der Waals surface area contributed by atoms with Crippen molar-refractivity contribution >= 4 is 82.5 Å². The van der Waals surface area contributed by atoms with Crippen LogP contribution in [-0.2, 0) is 70.1 Å². The van der Waals surface area contributed by atoms with E-state index in [0.717, 1.165) is 84.6 Å². The van der Waals surface area contributed by atoms with Crippen LogP contribution in [0.4, 0.5) is 13.2 Å². The maximum absolute atomic E-state index is 15.7. The SMILES string of the molecule is CC[C@H](C)[C@@H]1NC(=O)[C@H](CC(C)C)N(C)C(=O)C[C@@H](C(=O)N2CCCCC2)N(C)C(=O)[C@H](C2CCCCC2)N(C)C(=O)[C@H](C(C)C)NC(=O)[C@@H]2CCCN2C(=O)[C@H](CCc2ccc(C(F)(F)F)c(Cl)c2)NC(=O)CN(C)C(=O)[C@H](CC2CCCCC2)N(C)C(=O)CN(C)C(=O)CN(C)C1=O. The normalized spacial score (nSPS) is 26.6. The minimum absolute atomic E-state index is 0.0173. The third-order valence-corrected chi connectivity index (χ3v) is 21.7. The molecule has 2 saturated carbocycles. The maximum atomic E-state index is 15.7. The first kappa shape index (κ1) is 81.9. The van der Waals surface area contributed by atoms with E-state index in [4.69, 9.17) is 11.6 Å². The summed E-state index contributed by atoms with van der Waals surface area (Å²) in [5.41, 5.74) is -0.779. The van der Waals surface area contributed by atoms with Crippen LogP contribution >= 0.6 is 11.6 Å². The number of hydrogen-bond acceptors (Lipinski definition) is 12. The number of rotatable bonds is 12. The molecule has 0 unspecified atom stereocenters. The highest BCUT2D eigenvalue weighted by Gasteiger charge is 2.47. The molecule has 12 amide bonds. The van der Waals surface area contributed by atoms with E-state index >= 15 is 24.0 Å². The number of benzene rings is 1. The number of alkyl halides is 3. The largest absolute Gasteiger partial charge is 0.417 e. The second-order valence-corrected chi connectivity index (χ2v) is 30.1. The van der Waals surface area contributed by atoms with Crippen molar-refractivity contribution in [3.8, 4) is 0 Å². The summed E-state index contributed by atoms with van der Waals surface area (Å²) in [6.07, 6.45) is 5.57. The van der Waals surface area contributed by atoms with Gasteiger partial charge in [-0.15, -0.1) is 0 Å². The third-order valence-electron chi connectivity index (χ3n) is 21.4. The predicted octanol–water partition coefficient (Wildman–Crippen LogP) is 6.14. The summed E-state index contributed by atoms with van der Waals surface area (Å²) in [6, 6.07) is -6.89. The van der Waals surface area contributed by atoms with Gasteiger partial charge in [0.15, 0.2) is 0 Å². The van der Waals surface area contributed by atoms with Gasteiger partial charge in [-0.05, 0) is 118 Å². The second-order valence-electron chi connectivity index (χ2n) is 29.7. The smallest absolute Gasteiger partial charge is 0.343 e. The Morgan fingerprint density at radius 3 is 1.75 bits per heavy atom. The van der Waals surface area contributed by atoms with Crippen molar-refractivity contribution in [1.29, 1.82) is 0 Å². The molecule has 1 aromatic rings. The molecule has 24 nitrogen and oxygen atoms in total. The van der Waals surface area contributed by atoms with Gasteiger partial charge in [-0.25, -0.2) is 0 Å². The van der Waals surface area contributed by atoms with E-state index < -0.39 is 180 Å². The van der Waals surface area contributed by atoms with E-state index in [1.54, 1.807) is 25.7 Å². The molecule has 9 atom stereocenters. The quantitative estimate of drug-likeness (QED) is 0.213. The van der Waals surface area contributed by atoms with Crippen molar-refractivity contribution < 1.29 is 70.7 Å². The summed E-state index contributed by atoms with van der Waals surface area (Å²) >= 11 is 6.15. The number of piperidine rings is 1. The van der Waals surface area contributed by atoms with Gasteiger partial charge in [0, 0.05) is 69.0 Å². The van der Waals surface area contributed by atoms with Crippen LogP contribution in [0.5, 0.6) is 0 Å². The molecule has 0 spiro atoms.